The van der Waals surface area contributed by atoms with Gasteiger partial charge in [0.25, 0.3) is 0 Å². The number of anilines is 1. The number of rotatable bonds is 8. The van der Waals surface area contributed by atoms with Gasteiger partial charge >= 0.3 is 0 Å². The van der Waals surface area contributed by atoms with Gasteiger partial charge in [0.1, 0.15) is 5.75 Å². The molecule has 6 nitrogen and oxygen atoms in total. The molecule has 1 fully saturated rings. The summed E-state index contributed by atoms with van der Waals surface area (Å²) < 4.78 is 29.9. The van der Waals surface area contributed by atoms with Crippen LogP contribution in [-0.2, 0) is 26.8 Å². The monoisotopic (exact) mass is 480 g/mol. The Hall–Kier alpha value is -3.16. The van der Waals surface area contributed by atoms with Gasteiger partial charge in [-0.1, -0.05) is 42.5 Å². The average Bonchev–Trinajstić information content (AvgIpc) is 3.62. The number of hydrogen-bond donors (Lipinski definition) is 1. The summed E-state index contributed by atoms with van der Waals surface area (Å²) in [6.45, 7) is 2.35. The quantitative estimate of drug-likeness (QED) is 0.493. The van der Waals surface area contributed by atoms with E-state index in [0.717, 1.165) is 52.1 Å². The first-order valence-electron chi connectivity index (χ1n) is 11.2. The van der Waals surface area contributed by atoms with Crippen molar-refractivity contribution in [1.29, 1.82) is 0 Å². The lowest BCUT2D eigenvalue weighted by Crippen LogP contribution is -2.27. The fourth-order valence-electron chi connectivity index (χ4n) is 4.11. The Morgan fingerprint density at radius 2 is 1.71 bits per heavy atom. The molecule has 1 saturated carbocycles. The van der Waals surface area contributed by atoms with Crippen molar-refractivity contribution in [3.8, 4) is 16.9 Å². The summed E-state index contributed by atoms with van der Waals surface area (Å²) in [5.41, 5.74) is 5.32. The minimum Gasteiger partial charge on any atom is -0.497 e. The highest BCUT2D eigenvalue weighted by atomic mass is 32.2. The van der Waals surface area contributed by atoms with E-state index in [1.165, 1.54) is 10.6 Å². The summed E-state index contributed by atoms with van der Waals surface area (Å²) >= 11 is 0. The summed E-state index contributed by atoms with van der Waals surface area (Å²) in [6.07, 6.45) is 2.85. The van der Waals surface area contributed by atoms with Crippen LogP contribution in [-0.4, -0.2) is 39.0 Å². The summed E-state index contributed by atoms with van der Waals surface area (Å²) in [5, 5.41) is 3.12. The predicted molar refractivity (Wildman–Crippen MR) is 138 cm³/mol. The number of ether oxygens (including phenoxy) is 1. The Bertz CT molecular complexity index is 1300. The molecule has 0 saturated heterocycles. The summed E-state index contributed by atoms with van der Waals surface area (Å²) in [6, 6.07) is 21.5. The lowest BCUT2D eigenvalue weighted by Gasteiger charge is -2.18. The topological polar surface area (TPSA) is 75.7 Å². The van der Waals surface area contributed by atoms with Crippen LogP contribution in [0.1, 0.15) is 31.0 Å². The van der Waals surface area contributed by atoms with Crippen molar-refractivity contribution >= 4 is 21.6 Å². The van der Waals surface area contributed by atoms with E-state index in [4.69, 9.17) is 4.74 Å². The number of benzene rings is 3. The molecule has 0 heterocycles. The van der Waals surface area contributed by atoms with Gasteiger partial charge < -0.3 is 10.1 Å². The zero-order valence-electron chi connectivity index (χ0n) is 20.0. The van der Waals surface area contributed by atoms with Gasteiger partial charge in [-0.3, -0.25) is 4.79 Å². The molecule has 4 rings (SSSR count). The molecule has 3 aromatic carbocycles. The van der Waals surface area contributed by atoms with E-state index < -0.39 is 15.4 Å². The zero-order valence-corrected chi connectivity index (χ0v) is 20.8. The van der Waals surface area contributed by atoms with E-state index in [1.54, 1.807) is 14.2 Å². The van der Waals surface area contributed by atoms with Gasteiger partial charge in [-0.2, -0.15) is 0 Å². The molecule has 3 aromatic rings. The van der Waals surface area contributed by atoms with Crippen LogP contribution < -0.4 is 10.1 Å². The standard InChI is InChI=1S/C27H30N2O4S.H2/c1-19-5-12-23(28-26(30)27(15-16-27)22-10-13-24(33-3)14-11-22)17-25(19)21-8-6-20(7-9-21)18-29(2)34(4,31)32;/h5-14,17H,15-16,18H2,1-4H3,(H,28,30);1H. The smallest absolute Gasteiger partial charge is 0.235 e. The molecule has 34 heavy (non-hydrogen) atoms. The van der Waals surface area contributed by atoms with Crippen LogP contribution in [0.4, 0.5) is 5.69 Å². The molecule has 1 aliphatic rings. The van der Waals surface area contributed by atoms with Crippen LogP contribution in [0, 0.1) is 6.92 Å². The van der Waals surface area contributed by atoms with Crippen LogP contribution in [0.2, 0.25) is 0 Å². The molecular weight excluding hydrogens is 448 g/mol. The van der Waals surface area contributed by atoms with Crippen molar-refractivity contribution in [2.24, 2.45) is 0 Å². The second kappa shape index (κ2) is 9.24. The Labute approximate surface area is 203 Å². The molecule has 180 valence electrons. The molecule has 7 heteroatoms. The van der Waals surface area contributed by atoms with Crippen molar-refractivity contribution in [1.82, 2.24) is 4.31 Å². The SMILES string of the molecule is COc1ccc(C2(C(=O)Nc3ccc(C)c(-c4ccc(CN(C)S(C)(=O)=O)cc4)c3)CC2)cc1.[HH]. The van der Waals surface area contributed by atoms with Gasteiger partial charge in [-0.25, -0.2) is 12.7 Å². The van der Waals surface area contributed by atoms with E-state index in [1.807, 2.05) is 73.7 Å². The highest BCUT2D eigenvalue weighted by Crippen LogP contribution is 2.49. The van der Waals surface area contributed by atoms with Crippen LogP contribution in [0.25, 0.3) is 11.1 Å². The third kappa shape index (κ3) is 5.00. The third-order valence-electron chi connectivity index (χ3n) is 6.56. The van der Waals surface area contributed by atoms with Gasteiger partial charge in [-0.15, -0.1) is 0 Å². The highest BCUT2D eigenvalue weighted by Gasteiger charge is 2.51. The van der Waals surface area contributed by atoms with E-state index in [0.29, 0.717) is 6.54 Å². The Kier molecular flexibility index (Phi) is 6.51. The Morgan fingerprint density at radius 1 is 1.06 bits per heavy atom. The van der Waals surface area contributed by atoms with Crippen molar-refractivity contribution in [3.05, 3.63) is 83.4 Å². The molecule has 1 amide bonds. The minimum atomic E-state index is -3.23. The number of aryl methyl sites for hydroxylation is 1. The number of hydrogen-bond acceptors (Lipinski definition) is 4. The maximum atomic E-state index is 13.2. The number of nitrogens with zero attached hydrogens (tertiary/aromatic N) is 1. The van der Waals surface area contributed by atoms with Gasteiger partial charge in [0.2, 0.25) is 15.9 Å². The number of sulfonamides is 1. The second-order valence-corrected chi connectivity index (χ2v) is 11.1. The zero-order chi connectivity index (χ0) is 24.5. The summed E-state index contributed by atoms with van der Waals surface area (Å²) in [4.78, 5) is 13.2. The number of carbonyl (C=O) groups is 1. The van der Waals surface area contributed by atoms with Crippen LogP contribution in [0.5, 0.6) is 5.75 Å². The first kappa shape index (κ1) is 24.0. The largest absolute Gasteiger partial charge is 0.497 e. The summed E-state index contributed by atoms with van der Waals surface area (Å²) in [5.74, 6) is 0.781. The highest BCUT2D eigenvalue weighted by molar-refractivity contribution is 7.88. The predicted octanol–water partition coefficient (Wildman–Crippen LogP) is 4.98. The minimum absolute atomic E-state index is 0. The van der Waals surface area contributed by atoms with E-state index >= 15 is 0 Å². The van der Waals surface area contributed by atoms with E-state index in [-0.39, 0.29) is 7.33 Å². The maximum Gasteiger partial charge on any atom is 0.235 e. The van der Waals surface area contributed by atoms with Gasteiger partial charge in [0, 0.05) is 20.7 Å². The van der Waals surface area contributed by atoms with Gasteiger partial charge in [0.05, 0.1) is 18.8 Å². The van der Waals surface area contributed by atoms with Gasteiger partial charge in [-0.05, 0) is 71.8 Å². The number of nitrogens with one attached hydrogen (secondary N) is 1. The van der Waals surface area contributed by atoms with Crippen LogP contribution in [0.15, 0.2) is 66.7 Å². The average molecular weight is 481 g/mol. The number of methoxy groups -OCH3 is 1. The molecular formula is C27H32N2O4S. The van der Waals surface area contributed by atoms with Crippen molar-refractivity contribution in [2.45, 2.75) is 31.7 Å². The molecule has 0 unspecified atom stereocenters. The molecule has 1 N–H and O–H groups in total. The fourth-order valence-corrected chi connectivity index (χ4v) is 4.49. The van der Waals surface area contributed by atoms with Crippen LogP contribution in [0.3, 0.4) is 0 Å². The molecule has 0 bridgehead atoms. The molecule has 0 atom stereocenters. The molecule has 0 spiro atoms. The number of carbonyl (C=O) groups excluding carboxylic acids is 1. The van der Waals surface area contributed by atoms with Gasteiger partial charge in [0.15, 0.2) is 0 Å². The van der Waals surface area contributed by atoms with Crippen LogP contribution >= 0.6 is 0 Å². The lowest BCUT2D eigenvalue weighted by atomic mass is 9.94. The second-order valence-electron chi connectivity index (χ2n) is 9.01. The maximum absolute atomic E-state index is 13.2. The van der Waals surface area contributed by atoms with Crippen molar-refractivity contribution in [3.63, 3.8) is 0 Å². The molecule has 1 aliphatic carbocycles. The van der Waals surface area contributed by atoms with Crippen molar-refractivity contribution < 1.29 is 19.4 Å². The molecule has 0 aromatic heterocycles. The first-order valence-corrected chi connectivity index (χ1v) is 13.0. The lowest BCUT2D eigenvalue weighted by molar-refractivity contribution is -0.118. The molecule has 0 aliphatic heterocycles. The van der Waals surface area contributed by atoms with Crippen molar-refractivity contribution in [2.75, 3.05) is 25.7 Å². The third-order valence-corrected chi connectivity index (χ3v) is 7.82. The Balaban J connectivity index is 0.00000342. The molecule has 0 radical (unpaired) electrons. The van der Waals surface area contributed by atoms with E-state index in [9.17, 15) is 13.2 Å². The fraction of sp³-hybridized carbons (Fsp3) is 0.296. The number of amides is 1. The van der Waals surface area contributed by atoms with E-state index in [2.05, 4.69) is 5.32 Å². The Morgan fingerprint density at radius 3 is 2.26 bits per heavy atom. The first-order chi connectivity index (χ1) is 16.1. The summed E-state index contributed by atoms with van der Waals surface area (Å²) in [7, 11) is -0.0333. The normalized spacial score (nSPS) is 14.6.